The number of pyridine rings is 1. The standard InChI is InChI=1S/C15H12F3NO.C11H15N3O/c1-10-5-7-11(8-6-10)14(20)19-13-4-2-3-12(9-13)15(16,17)18;1-9(15)13-10-6-11(8-12-7-10)14-4-2-3-5-14/h2-9H,1H3,(H,19,20);6-8H,2-5H2,1H3,(H,13,15). The number of aryl methyl sites for hydroxylation is 1. The number of benzene rings is 2. The zero-order valence-corrected chi connectivity index (χ0v) is 19.5. The molecule has 3 aromatic rings. The molecule has 0 saturated carbocycles. The van der Waals surface area contributed by atoms with Gasteiger partial charge in [-0.3, -0.25) is 14.6 Å². The summed E-state index contributed by atoms with van der Waals surface area (Å²) >= 11 is 0. The lowest BCUT2D eigenvalue weighted by Gasteiger charge is -2.17. The van der Waals surface area contributed by atoms with E-state index in [1.165, 1.54) is 31.9 Å². The van der Waals surface area contributed by atoms with Gasteiger partial charge in [-0.15, -0.1) is 0 Å². The molecule has 2 N–H and O–H groups in total. The predicted molar refractivity (Wildman–Crippen MR) is 131 cm³/mol. The van der Waals surface area contributed by atoms with Crippen molar-refractivity contribution < 1.29 is 22.8 Å². The van der Waals surface area contributed by atoms with Gasteiger partial charge in [0.1, 0.15) is 0 Å². The van der Waals surface area contributed by atoms with E-state index < -0.39 is 17.6 Å². The third kappa shape index (κ3) is 7.84. The lowest BCUT2D eigenvalue weighted by Crippen LogP contribution is -2.18. The summed E-state index contributed by atoms with van der Waals surface area (Å²) in [5.41, 5.74) is 2.59. The Hall–Kier alpha value is -3.88. The average Bonchev–Trinajstić information content (AvgIpc) is 3.34. The lowest BCUT2D eigenvalue weighted by molar-refractivity contribution is -0.137. The van der Waals surface area contributed by atoms with E-state index in [0.29, 0.717) is 5.56 Å². The summed E-state index contributed by atoms with van der Waals surface area (Å²) in [5.74, 6) is -0.500. The number of hydrogen-bond donors (Lipinski definition) is 2. The maximum Gasteiger partial charge on any atom is 0.416 e. The molecule has 4 rings (SSSR count). The third-order valence-corrected chi connectivity index (χ3v) is 5.28. The average molecular weight is 485 g/mol. The zero-order chi connectivity index (χ0) is 25.4. The number of amides is 2. The monoisotopic (exact) mass is 484 g/mol. The first-order chi connectivity index (χ1) is 16.6. The largest absolute Gasteiger partial charge is 0.416 e. The van der Waals surface area contributed by atoms with E-state index in [4.69, 9.17) is 0 Å². The van der Waals surface area contributed by atoms with Gasteiger partial charge in [0.15, 0.2) is 0 Å². The summed E-state index contributed by atoms with van der Waals surface area (Å²) < 4.78 is 37.7. The van der Waals surface area contributed by atoms with E-state index >= 15 is 0 Å². The second-order valence-corrected chi connectivity index (χ2v) is 8.21. The molecule has 2 heterocycles. The minimum absolute atomic E-state index is 0.0598. The molecule has 0 spiro atoms. The summed E-state index contributed by atoms with van der Waals surface area (Å²) in [6, 6.07) is 13.3. The maximum atomic E-state index is 12.6. The topological polar surface area (TPSA) is 74.3 Å². The zero-order valence-electron chi connectivity index (χ0n) is 19.5. The molecule has 184 valence electrons. The number of rotatable bonds is 4. The summed E-state index contributed by atoms with van der Waals surface area (Å²) in [5, 5.41) is 5.19. The highest BCUT2D eigenvalue weighted by Gasteiger charge is 2.30. The molecular weight excluding hydrogens is 457 g/mol. The molecule has 0 aliphatic carbocycles. The van der Waals surface area contributed by atoms with Gasteiger partial charge in [-0.2, -0.15) is 13.2 Å². The van der Waals surface area contributed by atoms with Crippen LogP contribution in [0.1, 0.15) is 41.3 Å². The molecule has 0 unspecified atom stereocenters. The molecule has 0 radical (unpaired) electrons. The smallest absolute Gasteiger partial charge is 0.370 e. The first-order valence-corrected chi connectivity index (χ1v) is 11.1. The maximum absolute atomic E-state index is 12.6. The van der Waals surface area contributed by atoms with Gasteiger partial charge in [-0.1, -0.05) is 23.8 Å². The Morgan fingerprint density at radius 2 is 1.60 bits per heavy atom. The quantitative estimate of drug-likeness (QED) is 0.483. The van der Waals surface area contributed by atoms with Gasteiger partial charge >= 0.3 is 6.18 Å². The van der Waals surface area contributed by atoms with Gasteiger partial charge < -0.3 is 15.5 Å². The van der Waals surface area contributed by atoms with Crippen LogP contribution in [0.3, 0.4) is 0 Å². The minimum Gasteiger partial charge on any atom is -0.370 e. The van der Waals surface area contributed by atoms with E-state index in [-0.39, 0.29) is 11.6 Å². The number of halogens is 3. The molecule has 0 bridgehead atoms. The molecule has 0 atom stereocenters. The number of alkyl halides is 3. The van der Waals surface area contributed by atoms with E-state index in [1.54, 1.807) is 30.5 Å². The summed E-state index contributed by atoms with van der Waals surface area (Å²) in [7, 11) is 0. The molecule has 1 aliphatic rings. The fraction of sp³-hybridized carbons (Fsp3) is 0.269. The SMILES string of the molecule is CC(=O)Nc1cncc(N2CCCC2)c1.Cc1ccc(C(=O)Nc2cccc(C(F)(F)F)c2)cc1. The van der Waals surface area contributed by atoms with Crippen molar-refractivity contribution in [3.05, 3.63) is 83.7 Å². The van der Waals surface area contributed by atoms with Crippen molar-refractivity contribution >= 4 is 28.9 Å². The number of anilines is 3. The molecule has 2 aromatic carbocycles. The molecule has 6 nitrogen and oxygen atoms in total. The molecule has 1 aliphatic heterocycles. The van der Waals surface area contributed by atoms with Crippen molar-refractivity contribution in [2.45, 2.75) is 32.9 Å². The van der Waals surface area contributed by atoms with Crippen LogP contribution in [0.2, 0.25) is 0 Å². The van der Waals surface area contributed by atoms with Crippen molar-refractivity contribution in [3.8, 4) is 0 Å². The van der Waals surface area contributed by atoms with Crippen LogP contribution >= 0.6 is 0 Å². The van der Waals surface area contributed by atoms with Crippen LogP contribution < -0.4 is 15.5 Å². The van der Waals surface area contributed by atoms with Crippen LogP contribution in [-0.2, 0) is 11.0 Å². The number of aromatic nitrogens is 1. The Labute approximate surface area is 202 Å². The number of carbonyl (C=O) groups is 2. The van der Waals surface area contributed by atoms with Crippen LogP contribution in [0.15, 0.2) is 67.0 Å². The fourth-order valence-electron chi connectivity index (χ4n) is 3.53. The molecule has 1 saturated heterocycles. The van der Waals surface area contributed by atoms with Crippen LogP contribution in [-0.4, -0.2) is 29.9 Å². The van der Waals surface area contributed by atoms with Crippen molar-refractivity contribution in [1.82, 2.24) is 4.98 Å². The van der Waals surface area contributed by atoms with Gasteiger partial charge in [-0.05, 0) is 56.2 Å². The second-order valence-electron chi connectivity index (χ2n) is 8.21. The van der Waals surface area contributed by atoms with Gasteiger partial charge in [0.25, 0.3) is 5.91 Å². The Morgan fingerprint density at radius 3 is 2.23 bits per heavy atom. The highest BCUT2D eigenvalue weighted by atomic mass is 19.4. The second kappa shape index (κ2) is 11.5. The van der Waals surface area contributed by atoms with Crippen molar-refractivity contribution in [2.24, 2.45) is 0 Å². The molecule has 1 fully saturated rings. The number of nitrogens with one attached hydrogen (secondary N) is 2. The van der Waals surface area contributed by atoms with Crippen molar-refractivity contribution in [1.29, 1.82) is 0 Å². The summed E-state index contributed by atoms with van der Waals surface area (Å²) in [6.07, 6.45) is 1.57. The van der Waals surface area contributed by atoms with E-state index in [1.807, 2.05) is 19.2 Å². The van der Waals surface area contributed by atoms with Gasteiger partial charge in [0.2, 0.25) is 5.91 Å². The van der Waals surface area contributed by atoms with Crippen LogP contribution in [0.4, 0.5) is 30.2 Å². The number of nitrogens with zero attached hydrogens (tertiary/aromatic N) is 2. The molecular formula is C26H27F3N4O2. The van der Waals surface area contributed by atoms with Crippen LogP contribution in [0.25, 0.3) is 0 Å². The summed E-state index contributed by atoms with van der Waals surface area (Å²) in [4.78, 5) is 29.2. The fourth-order valence-corrected chi connectivity index (χ4v) is 3.53. The normalized spacial score (nSPS) is 13.0. The molecule has 1 aromatic heterocycles. The van der Waals surface area contributed by atoms with Crippen LogP contribution in [0, 0.1) is 6.92 Å². The number of carbonyl (C=O) groups excluding carboxylic acids is 2. The van der Waals surface area contributed by atoms with E-state index in [0.717, 1.165) is 42.2 Å². The molecule has 35 heavy (non-hydrogen) atoms. The lowest BCUT2D eigenvalue weighted by atomic mass is 10.1. The Balaban J connectivity index is 0.000000203. The van der Waals surface area contributed by atoms with Gasteiger partial charge in [0.05, 0.1) is 29.3 Å². The third-order valence-electron chi connectivity index (χ3n) is 5.28. The number of hydrogen-bond acceptors (Lipinski definition) is 4. The first kappa shape index (κ1) is 25.7. The van der Waals surface area contributed by atoms with Gasteiger partial charge in [-0.25, -0.2) is 0 Å². The predicted octanol–water partition coefficient (Wildman–Crippen LogP) is 5.91. The Kier molecular flexibility index (Phi) is 8.46. The van der Waals surface area contributed by atoms with Crippen molar-refractivity contribution in [3.63, 3.8) is 0 Å². The highest BCUT2D eigenvalue weighted by molar-refractivity contribution is 6.04. The Morgan fingerprint density at radius 1 is 0.914 bits per heavy atom. The van der Waals surface area contributed by atoms with E-state index in [2.05, 4.69) is 20.5 Å². The van der Waals surface area contributed by atoms with Crippen molar-refractivity contribution in [2.75, 3.05) is 28.6 Å². The summed E-state index contributed by atoms with van der Waals surface area (Å²) in [6.45, 7) is 5.56. The van der Waals surface area contributed by atoms with Gasteiger partial charge in [0, 0.05) is 31.3 Å². The van der Waals surface area contributed by atoms with E-state index in [9.17, 15) is 22.8 Å². The minimum atomic E-state index is -4.43. The Bertz CT molecular complexity index is 1160. The van der Waals surface area contributed by atoms with Crippen LogP contribution in [0.5, 0.6) is 0 Å². The molecule has 9 heteroatoms. The first-order valence-electron chi connectivity index (χ1n) is 11.1. The highest BCUT2D eigenvalue weighted by Crippen LogP contribution is 2.30. The molecule has 2 amide bonds.